The minimum Gasteiger partial charge on any atom is -0.327 e. The number of rotatable bonds is 1. The maximum absolute atomic E-state index is 13.9. The molecule has 18 heavy (non-hydrogen) atoms. The second kappa shape index (κ2) is 4.14. The van der Waals surface area contributed by atoms with Crippen molar-refractivity contribution in [1.82, 2.24) is 5.32 Å². The molecule has 0 radical (unpaired) electrons. The van der Waals surface area contributed by atoms with E-state index >= 15 is 0 Å². The first-order chi connectivity index (χ1) is 8.75. The fourth-order valence-corrected chi connectivity index (χ4v) is 2.20. The van der Waals surface area contributed by atoms with Crippen molar-refractivity contribution in [2.24, 2.45) is 0 Å². The molecule has 0 spiro atoms. The molecule has 2 aromatic carbocycles. The highest BCUT2D eigenvalue weighted by molar-refractivity contribution is 5.93. The highest BCUT2D eigenvalue weighted by Crippen LogP contribution is 2.33. The maximum Gasteiger partial charge on any atom is 0.320 e. The minimum absolute atomic E-state index is 0.318. The van der Waals surface area contributed by atoms with Crippen LogP contribution in [0.15, 0.2) is 48.5 Å². The van der Waals surface area contributed by atoms with Crippen LogP contribution in [0.25, 0.3) is 0 Å². The Hall–Kier alpha value is -2.36. The van der Waals surface area contributed by atoms with Gasteiger partial charge in [-0.15, -0.1) is 0 Å². The van der Waals surface area contributed by atoms with Gasteiger partial charge in [0.25, 0.3) is 0 Å². The SMILES string of the molecule is O=C1Nc2cccc(F)c2C(c2ccccc2)N1. The van der Waals surface area contributed by atoms with Crippen LogP contribution in [0.1, 0.15) is 17.2 Å². The molecular weight excluding hydrogens is 231 g/mol. The van der Waals surface area contributed by atoms with Crippen LogP contribution in [0, 0.1) is 5.82 Å². The zero-order valence-electron chi connectivity index (χ0n) is 9.48. The molecule has 0 saturated carbocycles. The van der Waals surface area contributed by atoms with Gasteiger partial charge in [-0.3, -0.25) is 0 Å². The van der Waals surface area contributed by atoms with E-state index in [-0.39, 0.29) is 11.8 Å². The lowest BCUT2D eigenvalue weighted by atomic mass is 9.95. The van der Waals surface area contributed by atoms with Gasteiger partial charge in [-0.1, -0.05) is 36.4 Å². The third-order valence-corrected chi connectivity index (χ3v) is 3.00. The normalized spacial score (nSPS) is 17.6. The molecule has 0 saturated heterocycles. The molecule has 0 fully saturated rings. The molecule has 2 aromatic rings. The van der Waals surface area contributed by atoms with Gasteiger partial charge >= 0.3 is 6.03 Å². The number of hydrogen-bond donors (Lipinski definition) is 2. The topological polar surface area (TPSA) is 41.1 Å². The van der Waals surface area contributed by atoms with Gasteiger partial charge in [0.1, 0.15) is 5.82 Å². The van der Waals surface area contributed by atoms with E-state index in [4.69, 9.17) is 0 Å². The van der Waals surface area contributed by atoms with E-state index in [9.17, 15) is 9.18 Å². The number of anilines is 1. The number of urea groups is 1. The van der Waals surface area contributed by atoms with Gasteiger partial charge in [0, 0.05) is 5.56 Å². The average Bonchev–Trinajstić information content (AvgIpc) is 2.39. The summed E-state index contributed by atoms with van der Waals surface area (Å²) in [5.74, 6) is -0.325. The van der Waals surface area contributed by atoms with Crippen LogP contribution in [0.5, 0.6) is 0 Å². The lowest BCUT2D eigenvalue weighted by Crippen LogP contribution is -2.38. The van der Waals surface area contributed by atoms with Gasteiger partial charge in [-0.2, -0.15) is 0 Å². The Kier molecular flexibility index (Phi) is 2.48. The first kappa shape index (κ1) is 10.8. The minimum atomic E-state index is -0.448. The Balaban J connectivity index is 2.15. The fourth-order valence-electron chi connectivity index (χ4n) is 2.20. The number of halogens is 1. The van der Waals surface area contributed by atoms with Gasteiger partial charge in [0.2, 0.25) is 0 Å². The molecule has 90 valence electrons. The predicted molar refractivity (Wildman–Crippen MR) is 66.8 cm³/mol. The lowest BCUT2D eigenvalue weighted by molar-refractivity contribution is 0.248. The molecule has 4 heteroatoms. The van der Waals surface area contributed by atoms with E-state index < -0.39 is 6.04 Å². The van der Waals surface area contributed by atoms with Crippen LogP contribution < -0.4 is 10.6 Å². The summed E-state index contributed by atoms with van der Waals surface area (Å²) >= 11 is 0. The van der Waals surface area contributed by atoms with Crippen LogP contribution in [0.2, 0.25) is 0 Å². The summed E-state index contributed by atoms with van der Waals surface area (Å²) in [6, 6.07) is 13.3. The van der Waals surface area contributed by atoms with Crippen molar-refractivity contribution in [3.63, 3.8) is 0 Å². The number of fused-ring (bicyclic) bond motifs is 1. The number of nitrogens with one attached hydrogen (secondary N) is 2. The molecule has 0 aromatic heterocycles. The molecule has 0 bridgehead atoms. The van der Waals surface area contributed by atoms with Crippen molar-refractivity contribution in [3.05, 3.63) is 65.5 Å². The van der Waals surface area contributed by atoms with Gasteiger partial charge in [0.15, 0.2) is 0 Å². The number of carbonyl (C=O) groups is 1. The highest BCUT2D eigenvalue weighted by atomic mass is 19.1. The summed E-state index contributed by atoms with van der Waals surface area (Å²) in [4.78, 5) is 11.6. The van der Waals surface area contributed by atoms with Crippen LogP contribution >= 0.6 is 0 Å². The van der Waals surface area contributed by atoms with Gasteiger partial charge < -0.3 is 10.6 Å². The monoisotopic (exact) mass is 242 g/mol. The van der Waals surface area contributed by atoms with Gasteiger partial charge in [-0.25, -0.2) is 9.18 Å². The van der Waals surface area contributed by atoms with E-state index in [1.165, 1.54) is 6.07 Å². The zero-order valence-corrected chi connectivity index (χ0v) is 9.48. The number of benzene rings is 2. The average molecular weight is 242 g/mol. The Morgan fingerprint density at radius 3 is 2.56 bits per heavy atom. The number of hydrogen-bond acceptors (Lipinski definition) is 1. The molecule has 2 amide bonds. The summed E-state index contributed by atoms with van der Waals surface area (Å²) in [7, 11) is 0. The second-order valence-electron chi connectivity index (χ2n) is 4.14. The largest absolute Gasteiger partial charge is 0.327 e. The van der Waals surface area contributed by atoms with Crippen molar-refractivity contribution in [2.45, 2.75) is 6.04 Å². The van der Waals surface area contributed by atoms with Gasteiger partial charge in [0.05, 0.1) is 11.7 Å². The van der Waals surface area contributed by atoms with Crippen molar-refractivity contribution in [3.8, 4) is 0 Å². The van der Waals surface area contributed by atoms with Crippen molar-refractivity contribution in [2.75, 3.05) is 5.32 Å². The predicted octanol–water partition coefficient (Wildman–Crippen LogP) is 3.05. The van der Waals surface area contributed by atoms with Crippen LogP contribution in [0.3, 0.4) is 0 Å². The summed E-state index contributed by atoms with van der Waals surface area (Å²) in [6.45, 7) is 0. The lowest BCUT2D eigenvalue weighted by Gasteiger charge is -2.27. The molecule has 1 atom stereocenters. The zero-order chi connectivity index (χ0) is 12.5. The molecule has 3 rings (SSSR count). The molecular formula is C14H11FN2O. The summed E-state index contributed by atoms with van der Waals surface area (Å²) in [6.07, 6.45) is 0. The second-order valence-corrected chi connectivity index (χ2v) is 4.14. The molecule has 1 aliphatic heterocycles. The highest BCUT2D eigenvalue weighted by Gasteiger charge is 2.27. The smallest absolute Gasteiger partial charge is 0.320 e. The Morgan fingerprint density at radius 1 is 1.00 bits per heavy atom. The van der Waals surface area contributed by atoms with Crippen molar-refractivity contribution < 1.29 is 9.18 Å². The van der Waals surface area contributed by atoms with E-state index in [2.05, 4.69) is 10.6 Å². The fraction of sp³-hybridized carbons (Fsp3) is 0.0714. The number of carbonyl (C=O) groups excluding carboxylic acids is 1. The summed E-state index contributed by atoms with van der Waals surface area (Å²) in [5, 5.41) is 5.35. The van der Waals surface area contributed by atoms with Crippen LogP contribution in [-0.2, 0) is 0 Å². The quantitative estimate of drug-likeness (QED) is 0.792. The molecule has 3 nitrogen and oxygen atoms in total. The Bertz CT molecular complexity index is 598. The first-order valence-corrected chi connectivity index (χ1v) is 5.66. The van der Waals surface area contributed by atoms with Crippen molar-refractivity contribution in [1.29, 1.82) is 0 Å². The van der Waals surface area contributed by atoms with E-state index in [1.54, 1.807) is 12.1 Å². The van der Waals surface area contributed by atoms with E-state index in [1.807, 2.05) is 30.3 Å². The third kappa shape index (κ3) is 1.72. The molecule has 2 N–H and O–H groups in total. The molecule has 0 aliphatic carbocycles. The van der Waals surface area contributed by atoms with Gasteiger partial charge in [-0.05, 0) is 17.7 Å². The van der Waals surface area contributed by atoms with Crippen LogP contribution in [-0.4, -0.2) is 6.03 Å². The molecule has 1 heterocycles. The number of amides is 2. The summed E-state index contributed by atoms with van der Waals surface area (Å²) < 4.78 is 13.9. The van der Waals surface area contributed by atoms with E-state index in [0.29, 0.717) is 11.3 Å². The molecule has 1 unspecified atom stereocenters. The molecule has 1 aliphatic rings. The van der Waals surface area contributed by atoms with Crippen molar-refractivity contribution >= 4 is 11.7 Å². The van der Waals surface area contributed by atoms with E-state index in [0.717, 1.165) is 5.56 Å². The Morgan fingerprint density at radius 2 is 1.78 bits per heavy atom. The first-order valence-electron chi connectivity index (χ1n) is 5.66. The van der Waals surface area contributed by atoms with Crippen LogP contribution in [0.4, 0.5) is 14.9 Å². The standard InChI is InChI=1S/C14H11FN2O/c15-10-7-4-8-11-12(10)13(17-14(18)16-11)9-5-2-1-3-6-9/h1-8,13H,(H2,16,17,18). The summed E-state index contributed by atoms with van der Waals surface area (Å²) in [5.41, 5.74) is 1.86. The third-order valence-electron chi connectivity index (χ3n) is 3.00. The Labute approximate surface area is 104 Å². The maximum atomic E-state index is 13.9.